The minimum absolute atomic E-state index is 0. The number of halogens is 1. The molecule has 0 saturated carbocycles. The molecule has 0 atom stereocenters. The summed E-state index contributed by atoms with van der Waals surface area (Å²) in [7, 11) is 3.43. The van der Waals surface area contributed by atoms with Crippen LogP contribution in [0.25, 0.3) is 0 Å². The van der Waals surface area contributed by atoms with E-state index >= 15 is 0 Å². The highest BCUT2D eigenvalue weighted by Gasteiger charge is 2.27. The second-order valence-corrected chi connectivity index (χ2v) is 6.20. The second-order valence-electron chi connectivity index (χ2n) is 6.20. The fourth-order valence-corrected chi connectivity index (χ4v) is 3.04. The lowest BCUT2D eigenvalue weighted by atomic mass is 10.0. The number of para-hydroxylation sites is 1. The molecule has 7 nitrogen and oxygen atoms in total. The van der Waals surface area contributed by atoms with E-state index in [2.05, 4.69) is 5.32 Å². The first-order chi connectivity index (χ1) is 12.1. The number of hydrogen-bond acceptors (Lipinski definition) is 3. The smallest absolute Gasteiger partial charge is 0.415 e. The number of aromatic nitrogens is 2. The van der Waals surface area contributed by atoms with Gasteiger partial charge in [-0.2, -0.15) is 4.57 Å². The zero-order chi connectivity index (χ0) is 17.8. The SMILES string of the molecule is COc1ccccc1C(=O)NC1CCN(C(=O)n2cc[n+](C)c2)CC1.[I-]. The van der Waals surface area contributed by atoms with E-state index in [1.165, 1.54) is 0 Å². The lowest BCUT2D eigenvalue weighted by Gasteiger charge is -2.30. The van der Waals surface area contributed by atoms with Gasteiger partial charge in [-0.1, -0.05) is 12.1 Å². The van der Waals surface area contributed by atoms with Crippen LogP contribution in [0.3, 0.4) is 0 Å². The van der Waals surface area contributed by atoms with Crippen molar-refractivity contribution in [2.45, 2.75) is 18.9 Å². The molecule has 2 amide bonds. The minimum atomic E-state index is -0.139. The Morgan fingerprint density at radius 2 is 1.92 bits per heavy atom. The van der Waals surface area contributed by atoms with E-state index in [0.717, 1.165) is 12.8 Å². The molecular formula is C18H23IN4O3. The summed E-state index contributed by atoms with van der Waals surface area (Å²) in [6.07, 6.45) is 6.80. The summed E-state index contributed by atoms with van der Waals surface area (Å²) >= 11 is 0. The van der Waals surface area contributed by atoms with Crippen LogP contribution in [0.15, 0.2) is 43.0 Å². The summed E-state index contributed by atoms with van der Waals surface area (Å²) in [6, 6.07) is 7.19. The average Bonchev–Trinajstić information content (AvgIpc) is 3.08. The molecule has 1 fully saturated rings. The first-order valence-corrected chi connectivity index (χ1v) is 8.35. The fourth-order valence-electron chi connectivity index (χ4n) is 3.04. The van der Waals surface area contributed by atoms with Crippen molar-refractivity contribution in [3.8, 4) is 5.75 Å². The number of carbonyl (C=O) groups is 2. The van der Waals surface area contributed by atoms with Crippen molar-refractivity contribution in [2.24, 2.45) is 7.05 Å². The maximum Gasteiger partial charge on any atom is 0.415 e. The molecule has 1 aliphatic rings. The number of likely N-dealkylation sites (tertiary alicyclic amines) is 1. The number of carbonyl (C=O) groups excluding carboxylic acids is 2. The predicted molar refractivity (Wildman–Crippen MR) is 91.5 cm³/mol. The number of methoxy groups -OCH3 is 1. The first-order valence-electron chi connectivity index (χ1n) is 8.35. The number of aryl methyl sites for hydroxylation is 1. The Balaban J connectivity index is 0.00000243. The van der Waals surface area contributed by atoms with Gasteiger partial charge in [0.2, 0.25) is 0 Å². The first kappa shape index (κ1) is 20.2. The quantitative estimate of drug-likeness (QED) is 0.425. The number of benzene rings is 1. The van der Waals surface area contributed by atoms with Crippen molar-refractivity contribution in [2.75, 3.05) is 20.2 Å². The number of hydrogen-bond donors (Lipinski definition) is 1. The van der Waals surface area contributed by atoms with Crippen molar-refractivity contribution in [1.29, 1.82) is 0 Å². The summed E-state index contributed by atoms with van der Waals surface area (Å²) < 4.78 is 8.65. The molecule has 1 aromatic heterocycles. The molecule has 0 spiro atoms. The number of amides is 2. The topological polar surface area (TPSA) is 67.5 Å². The summed E-state index contributed by atoms with van der Waals surface area (Å²) in [4.78, 5) is 26.7. The zero-order valence-electron chi connectivity index (χ0n) is 14.9. The molecule has 1 N–H and O–H groups in total. The Bertz CT molecular complexity index is 769. The van der Waals surface area contributed by atoms with Crippen molar-refractivity contribution in [3.63, 3.8) is 0 Å². The Morgan fingerprint density at radius 1 is 1.23 bits per heavy atom. The van der Waals surface area contributed by atoms with Gasteiger partial charge in [-0.25, -0.2) is 9.36 Å². The molecule has 2 aromatic rings. The van der Waals surface area contributed by atoms with Crippen LogP contribution >= 0.6 is 0 Å². The standard InChI is InChI=1S/C18H22N4O3.HI/c1-20-11-12-22(13-20)18(24)21-9-7-14(8-10-21)19-17(23)15-5-3-4-6-16(15)25-2;/h3-6,11-14H,7-10H2,1-2H3;1H. The molecule has 140 valence electrons. The average molecular weight is 470 g/mol. The van der Waals surface area contributed by atoms with Crippen LogP contribution < -0.4 is 38.6 Å². The van der Waals surface area contributed by atoms with Crippen molar-refractivity contribution in [3.05, 3.63) is 48.5 Å². The summed E-state index contributed by atoms with van der Waals surface area (Å²) in [6.45, 7) is 1.25. The number of rotatable bonds is 3. The van der Waals surface area contributed by atoms with Crippen LogP contribution in [-0.4, -0.2) is 47.6 Å². The fraction of sp³-hybridized carbons (Fsp3) is 0.389. The number of ether oxygens (including phenoxy) is 1. The van der Waals surface area contributed by atoms with Crippen molar-refractivity contribution >= 4 is 11.9 Å². The summed E-state index contributed by atoms with van der Waals surface area (Å²) in [5.41, 5.74) is 0.531. The molecule has 0 bridgehead atoms. The van der Waals surface area contributed by atoms with Crippen LogP contribution in [0, 0.1) is 0 Å². The Labute approximate surface area is 170 Å². The summed E-state index contributed by atoms with van der Waals surface area (Å²) in [5, 5.41) is 3.05. The van der Waals surface area contributed by atoms with Gasteiger partial charge < -0.3 is 38.9 Å². The van der Waals surface area contributed by atoms with E-state index in [1.807, 2.05) is 34.8 Å². The van der Waals surface area contributed by atoms with Gasteiger partial charge in [-0.05, 0) is 25.0 Å². The third-order valence-electron chi connectivity index (χ3n) is 4.44. The normalized spacial score (nSPS) is 14.5. The number of nitrogens with zero attached hydrogens (tertiary/aromatic N) is 3. The Morgan fingerprint density at radius 3 is 2.54 bits per heavy atom. The maximum absolute atomic E-state index is 12.5. The third kappa shape index (κ3) is 4.54. The molecule has 1 aliphatic heterocycles. The molecular weight excluding hydrogens is 447 g/mol. The van der Waals surface area contributed by atoms with E-state index in [9.17, 15) is 9.59 Å². The van der Waals surface area contributed by atoms with Crippen LogP contribution in [0.4, 0.5) is 4.79 Å². The molecule has 0 radical (unpaired) electrons. The Hall–Kier alpha value is -2.10. The van der Waals surface area contributed by atoms with Crippen molar-refractivity contribution in [1.82, 2.24) is 14.8 Å². The van der Waals surface area contributed by atoms with Crippen LogP contribution in [-0.2, 0) is 7.05 Å². The third-order valence-corrected chi connectivity index (χ3v) is 4.44. The lowest BCUT2D eigenvalue weighted by molar-refractivity contribution is -0.670. The Kier molecular flexibility index (Phi) is 7.01. The van der Waals surface area contributed by atoms with Gasteiger partial charge in [-0.15, -0.1) is 0 Å². The van der Waals surface area contributed by atoms with Gasteiger partial charge in [0.15, 0.2) is 0 Å². The van der Waals surface area contributed by atoms with Crippen LogP contribution in [0.1, 0.15) is 23.2 Å². The molecule has 26 heavy (non-hydrogen) atoms. The largest absolute Gasteiger partial charge is 1.00 e. The molecule has 2 heterocycles. The number of nitrogens with one attached hydrogen (secondary N) is 1. The van der Waals surface area contributed by atoms with Crippen molar-refractivity contribution < 1.29 is 42.9 Å². The molecule has 0 aliphatic carbocycles. The van der Waals surface area contributed by atoms with E-state index in [-0.39, 0.29) is 42.0 Å². The molecule has 8 heteroatoms. The van der Waals surface area contributed by atoms with Crippen LogP contribution in [0.2, 0.25) is 0 Å². The van der Waals surface area contributed by atoms with Gasteiger partial charge in [0.05, 0.1) is 19.7 Å². The molecule has 3 rings (SSSR count). The highest BCUT2D eigenvalue weighted by Crippen LogP contribution is 2.18. The predicted octanol–water partition coefficient (Wildman–Crippen LogP) is -1.81. The summed E-state index contributed by atoms with van der Waals surface area (Å²) in [5.74, 6) is 0.424. The van der Waals surface area contributed by atoms with Gasteiger partial charge in [0, 0.05) is 19.1 Å². The molecule has 0 unspecified atom stereocenters. The van der Waals surface area contributed by atoms with E-state index in [1.54, 1.807) is 36.3 Å². The number of piperidine rings is 1. The van der Waals surface area contributed by atoms with E-state index in [4.69, 9.17) is 4.74 Å². The number of imidazole rings is 1. The monoisotopic (exact) mass is 470 g/mol. The molecule has 1 aromatic carbocycles. The highest BCUT2D eigenvalue weighted by molar-refractivity contribution is 5.97. The maximum atomic E-state index is 12.5. The lowest BCUT2D eigenvalue weighted by Crippen LogP contribution is -3.00. The van der Waals surface area contributed by atoms with Gasteiger partial charge in [-0.3, -0.25) is 4.79 Å². The van der Waals surface area contributed by atoms with Gasteiger partial charge in [0.25, 0.3) is 12.2 Å². The van der Waals surface area contributed by atoms with Gasteiger partial charge >= 0.3 is 6.03 Å². The second kappa shape index (κ2) is 9.02. The van der Waals surface area contributed by atoms with E-state index < -0.39 is 0 Å². The highest BCUT2D eigenvalue weighted by atomic mass is 127. The van der Waals surface area contributed by atoms with Crippen LogP contribution in [0.5, 0.6) is 5.75 Å². The van der Waals surface area contributed by atoms with Gasteiger partial charge in [0.1, 0.15) is 18.1 Å². The zero-order valence-corrected chi connectivity index (χ0v) is 17.0. The van der Waals surface area contributed by atoms with E-state index in [0.29, 0.717) is 24.4 Å². The molecule has 1 saturated heterocycles. The minimum Gasteiger partial charge on any atom is -1.00 e.